The summed E-state index contributed by atoms with van der Waals surface area (Å²) in [7, 11) is 1.77. The van der Waals surface area contributed by atoms with Gasteiger partial charge in [0.25, 0.3) is 0 Å². The van der Waals surface area contributed by atoms with Gasteiger partial charge in [-0.05, 0) is 37.4 Å². The number of ether oxygens (including phenoxy) is 1. The number of methoxy groups -OCH3 is 1. The highest BCUT2D eigenvalue weighted by Gasteiger charge is 2.25. The number of rotatable bonds is 5. The minimum Gasteiger partial charge on any atom is -0.384 e. The molecule has 0 saturated carbocycles. The van der Waals surface area contributed by atoms with E-state index < -0.39 is 0 Å². The molecule has 1 unspecified atom stereocenters. The molecule has 1 aromatic rings. The molecule has 1 aliphatic rings. The molecule has 0 aromatic heterocycles. The van der Waals surface area contributed by atoms with E-state index in [9.17, 15) is 0 Å². The molecule has 1 fully saturated rings. The smallest absolute Gasteiger partial charge is 0.0641 e. The van der Waals surface area contributed by atoms with E-state index in [1.54, 1.807) is 7.11 Å². The quantitative estimate of drug-likeness (QED) is 0.814. The van der Waals surface area contributed by atoms with E-state index in [0.29, 0.717) is 12.3 Å². The van der Waals surface area contributed by atoms with Crippen LogP contribution in [0.25, 0.3) is 0 Å². The summed E-state index contributed by atoms with van der Waals surface area (Å²) < 4.78 is 5.24. The standard InChI is InChI=1S/C16H22N2O/c1-19-13-14-8-11-18(12-9-14)16(7-10-17)15-5-3-2-4-6-15/h2-6,14,16H,7-9,11-13H2,1H3. The fourth-order valence-corrected chi connectivity index (χ4v) is 2.89. The predicted octanol–water partition coefficient (Wildman–Crippen LogP) is 3.00. The van der Waals surface area contributed by atoms with Crippen molar-refractivity contribution < 1.29 is 4.74 Å². The first-order chi connectivity index (χ1) is 9.35. The summed E-state index contributed by atoms with van der Waals surface area (Å²) in [6, 6.07) is 13.0. The largest absolute Gasteiger partial charge is 0.384 e. The Morgan fingerprint density at radius 1 is 1.32 bits per heavy atom. The second-order valence-electron chi connectivity index (χ2n) is 5.22. The summed E-state index contributed by atoms with van der Waals surface area (Å²) in [6.45, 7) is 2.99. The Morgan fingerprint density at radius 3 is 2.58 bits per heavy atom. The maximum absolute atomic E-state index is 9.07. The second-order valence-corrected chi connectivity index (χ2v) is 5.22. The molecular weight excluding hydrogens is 236 g/mol. The van der Waals surface area contributed by atoms with Gasteiger partial charge in [-0.2, -0.15) is 5.26 Å². The Hall–Kier alpha value is -1.37. The molecule has 3 heteroatoms. The van der Waals surface area contributed by atoms with Crippen LogP contribution in [-0.4, -0.2) is 31.7 Å². The summed E-state index contributed by atoms with van der Waals surface area (Å²) in [4.78, 5) is 2.45. The number of piperidine rings is 1. The van der Waals surface area contributed by atoms with Gasteiger partial charge in [-0.1, -0.05) is 30.3 Å². The number of nitrogens with zero attached hydrogens (tertiary/aromatic N) is 2. The van der Waals surface area contributed by atoms with Crippen LogP contribution in [0.2, 0.25) is 0 Å². The number of benzene rings is 1. The lowest BCUT2D eigenvalue weighted by molar-refractivity contribution is 0.0801. The molecule has 1 aromatic carbocycles. The van der Waals surface area contributed by atoms with Crippen molar-refractivity contribution in [1.29, 1.82) is 5.26 Å². The third-order valence-corrected chi connectivity index (χ3v) is 3.96. The van der Waals surface area contributed by atoms with Gasteiger partial charge in [0, 0.05) is 19.8 Å². The maximum atomic E-state index is 9.07. The van der Waals surface area contributed by atoms with Crippen LogP contribution in [0.15, 0.2) is 30.3 Å². The van der Waals surface area contributed by atoms with Crippen LogP contribution in [0.3, 0.4) is 0 Å². The van der Waals surface area contributed by atoms with Gasteiger partial charge >= 0.3 is 0 Å². The van der Waals surface area contributed by atoms with Crippen molar-refractivity contribution in [2.24, 2.45) is 5.92 Å². The number of hydrogen-bond donors (Lipinski definition) is 0. The fraction of sp³-hybridized carbons (Fsp3) is 0.562. The molecule has 1 saturated heterocycles. The highest BCUT2D eigenvalue weighted by Crippen LogP contribution is 2.29. The Kier molecular flexibility index (Phi) is 5.38. The lowest BCUT2D eigenvalue weighted by atomic mass is 9.94. The zero-order valence-electron chi connectivity index (χ0n) is 11.6. The predicted molar refractivity (Wildman–Crippen MR) is 75.6 cm³/mol. The maximum Gasteiger partial charge on any atom is 0.0641 e. The summed E-state index contributed by atoms with van der Waals surface area (Å²) in [5.41, 5.74) is 1.26. The summed E-state index contributed by atoms with van der Waals surface area (Å²) in [5, 5.41) is 9.07. The Labute approximate surface area is 115 Å². The molecule has 19 heavy (non-hydrogen) atoms. The van der Waals surface area contributed by atoms with Crippen LogP contribution in [-0.2, 0) is 4.74 Å². The van der Waals surface area contributed by atoms with Gasteiger partial charge in [0.05, 0.1) is 12.5 Å². The number of nitriles is 1. The topological polar surface area (TPSA) is 36.3 Å². The van der Waals surface area contributed by atoms with Crippen molar-refractivity contribution >= 4 is 0 Å². The van der Waals surface area contributed by atoms with Gasteiger partial charge in [0.15, 0.2) is 0 Å². The van der Waals surface area contributed by atoms with Crippen molar-refractivity contribution in [2.75, 3.05) is 26.8 Å². The highest BCUT2D eigenvalue weighted by molar-refractivity contribution is 5.20. The first-order valence-corrected chi connectivity index (χ1v) is 7.00. The third-order valence-electron chi connectivity index (χ3n) is 3.96. The van der Waals surface area contributed by atoms with Crippen LogP contribution in [0.4, 0.5) is 0 Å². The minimum absolute atomic E-state index is 0.245. The Morgan fingerprint density at radius 2 is 2.00 bits per heavy atom. The molecular formula is C16H22N2O. The molecule has 1 atom stereocenters. The normalized spacial score (nSPS) is 18.9. The van der Waals surface area contributed by atoms with Gasteiger partial charge in [-0.25, -0.2) is 0 Å². The van der Waals surface area contributed by atoms with Gasteiger partial charge in [0.2, 0.25) is 0 Å². The van der Waals surface area contributed by atoms with Gasteiger partial charge < -0.3 is 4.74 Å². The zero-order valence-corrected chi connectivity index (χ0v) is 11.6. The molecule has 0 amide bonds. The molecule has 0 spiro atoms. The van der Waals surface area contributed by atoms with Crippen LogP contribution < -0.4 is 0 Å². The van der Waals surface area contributed by atoms with E-state index in [0.717, 1.165) is 19.7 Å². The second kappa shape index (κ2) is 7.28. The van der Waals surface area contributed by atoms with E-state index in [1.165, 1.54) is 18.4 Å². The third kappa shape index (κ3) is 3.79. The average Bonchev–Trinajstić information content (AvgIpc) is 2.47. The van der Waals surface area contributed by atoms with Crippen LogP contribution in [0, 0.1) is 17.2 Å². The molecule has 0 N–H and O–H groups in total. The van der Waals surface area contributed by atoms with E-state index in [1.807, 2.05) is 6.07 Å². The van der Waals surface area contributed by atoms with Crippen LogP contribution >= 0.6 is 0 Å². The summed E-state index contributed by atoms with van der Waals surface area (Å²) in [6.07, 6.45) is 2.91. The SMILES string of the molecule is COCC1CCN(C(CC#N)c2ccccc2)CC1. The van der Waals surface area contributed by atoms with Crippen molar-refractivity contribution in [2.45, 2.75) is 25.3 Å². The van der Waals surface area contributed by atoms with E-state index in [-0.39, 0.29) is 6.04 Å². The van der Waals surface area contributed by atoms with Crippen molar-refractivity contribution in [1.82, 2.24) is 4.90 Å². The first-order valence-electron chi connectivity index (χ1n) is 7.00. The minimum atomic E-state index is 0.245. The molecule has 0 aliphatic carbocycles. The van der Waals surface area contributed by atoms with Crippen molar-refractivity contribution in [3.05, 3.63) is 35.9 Å². The van der Waals surface area contributed by atoms with E-state index in [4.69, 9.17) is 10.00 Å². The molecule has 0 radical (unpaired) electrons. The molecule has 3 nitrogen and oxygen atoms in total. The first kappa shape index (κ1) is 14.0. The molecule has 1 aliphatic heterocycles. The number of hydrogen-bond acceptors (Lipinski definition) is 3. The molecule has 102 valence electrons. The number of likely N-dealkylation sites (tertiary alicyclic amines) is 1. The van der Waals surface area contributed by atoms with Crippen LogP contribution in [0.1, 0.15) is 30.9 Å². The molecule has 1 heterocycles. The van der Waals surface area contributed by atoms with Gasteiger partial charge in [-0.3, -0.25) is 4.90 Å². The van der Waals surface area contributed by atoms with Crippen LogP contribution in [0.5, 0.6) is 0 Å². The molecule has 0 bridgehead atoms. The monoisotopic (exact) mass is 258 g/mol. The molecule has 2 rings (SSSR count). The highest BCUT2D eigenvalue weighted by atomic mass is 16.5. The summed E-state index contributed by atoms with van der Waals surface area (Å²) in [5.74, 6) is 0.680. The van der Waals surface area contributed by atoms with E-state index >= 15 is 0 Å². The van der Waals surface area contributed by atoms with Gasteiger partial charge in [-0.15, -0.1) is 0 Å². The van der Waals surface area contributed by atoms with Gasteiger partial charge in [0.1, 0.15) is 0 Å². The Bertz CT molecular complexity index is 405. The zero-order chi connectivity index (χ0) is 13.5. The van der Waals surface area contributed by atoms with E-state index in [2.05, 4.69) is 35.2 Å². The fourth-order valence-electron chi connectivity index (χ4n) is 2.89. The summed E-state index contributed by atoms with van der Waals surface area (Å²) >= 11 is 0. The lowest BCUT2D eigenvalue weighted by Gasteiger charge is -2.36. The van der Waals surface area contributed by atoms with Crippen molar-refractivity contribution in [3.63, 3.8) is 0 Å². The van der Waals surface area contributed by atoms with Crippen molar-refractivity contribution in [3.8, 4) is 6.07 Å². The average molecular weight is 258 g/mol. The lowest BCUT2D eigenvalue weighted by Crippen LogP contribution is -2.37. The Balaban J connectivity index is 2.00.